The Balaban J connectivity index is 1.81. The molecule has 0 amide bonds. The molecule has 3 saturated carbocycles. The van der Waals surface area contributed by atoms with E-state index >= 15 is 0 Å². The maximum Gasteiger partial charge on any atom is 0.311 e. The number of allylic oxidation sites excluding steroid dienone is 1. The summed E-state index contributed by atoms with van der Waals surface area (Å²) in [5.74, 6) is -1.45. The van der Waals surface area contributed by atoms with E-state index in [1.165, 1.54) is 7.11 Å². The number of aliphatic hydroxyl groups is 3. The number of methoxy groups -OCH3 is 1. The number of carbonyl (C=O) groups excluding carboxylic acids is 3. The van der Waals surface area contributed by atoms with Gasteiger partial charge < -0.3 is 20.1 Å². The molecule has 3 N–H and O–H groups in total. The Morgan fingerprint density at radius 3 is 2.52 bits per heavy atom. The van der Waals surface area contributed by atoms with Gasteiger partial charge in [-0.1, -0.05) is 19.4 Å². The van der Waals surface area contributed by atoms with Crippen LogP contribution in [0.5, 0.6) is 0 Å². The number of esters is 1. The number of carbonyl (C=O) groups is 3. The largest absolute Gasteiger partial charge is 0.469 e. The van der Waals surface area contributed by atoms with Crippen LogP contribution in [0.4, 0.5) is 0 Å². The fraction of sp³-hybridized carbons (Fsp3) is 0.808. The highest BCUT2D eigenvalue weighted by atomic mass is 16.5. The number of Topliss-reactive ketones (excluding diaryl/α,β-unsaturated/α-hetero) is 1. The van der Waals surface area contributed by atoms with Gasteiger partial charge >= 0.3 is 5.97 Å². The van der Waals surface area contributed by atoms with Crippen LogP contribution in [0, 0.1) is 39.9 Å². The Morgan fingerprint density at radius 2 is 1.91 bits per heavy atom. The summed E-state index contributed by atoms with van der Waals surface area (Å²) in [6.45, 7) is 6.89. The van der Waals surface area contributed by atoms with Crippen molar-refractivity contribution in [3.63, 3.8) is 0 Å². The third-order valence-corrected chi connectivity index (χ3v) is 10.4. The molecule has 4 rings (SSSR count). The van der Waals surface area contributed by atoms with Crippen LogP contribution in [0.15, 0.2) is 11.6 Å². The topological polar surface area (TPSA) is 121 Å². The summed E-state index contributed by atoms with van der Waals surface area (Å²) in [5, 5.41) is 32.6. The van der Waals surface area contributed by atoms with Crippen molar-refractivity contribution in [3.8, 4) is 0 Å². The van der Waals surface area contributed by atoms with Crippen molar-refractivity contribution >= 4 is 17.5 Å². The molecule has 0 radical (unpaired) electrons. The fourth-order valence-electron chi connectivity index (χ4n) is 8.76. The van der Waals surface area contributed by atoms with Crippen molar-refractivity contribution in [2.45, 2.75) is 77.9 Å². The molecule has 0 aromatic rings. The lowest BCUT2D eigenvalue weighted by molar-refractivity contribution is -0.194. The molecule has 8 atom stereocenters. The second-order valence-electron chi connectivity index (χ2n) is 11.9. The molecule has 3 fully saturated rings. The molecule has 0 bridgehead atoms. The van der Waals surface area contributed by atoms with Crippen molar-refractivity contribution in [1.29, 1.82) is 0 Å². The standard InChI is InChI=1S/C26H38O7/c1-23(2,22(31)33-5)19-11-15(28)10-14-6-7-16-17-8-9-26(32,20(30)13-27)24(17,3)12-18(29)21(16)25(14,19)4/h10,16-19,21,27,29,32H,6-9,11-13H2,1-5H3/t16-,17-,18-,19?,21+,24-,25+,26-/m0/s1. The van der Waals surface area contributed by atoms with E-state index < -0.39 is 40.3 Å². The molecule has 4 aliphatic rings. The van der Waals surface area contributed by atoms with E-state index in [4.69, 9.17) is 4.74 Å². The molecule has 7 heteroatoms. The molecule has 33 heavy (non-hydrogen) atoms. The molecule has 0 spiro atoms. The van der Waals surface area contributed by atoms with Crippen molar-refractivity contribution in [3.05, 3.63) is 11.6 Å². The van der Waals surface area contributed by atoms with Crippen LogP contribution >= 0.6 is 0 Å². The smallest absolute Gasteiger partial charge is 0.311 e. The second-order valence-corrected chi connectivity index (χ2v) is 11.9. The van der Waals surface area contributed by atoms with E-state index in [0.29, 0.717) is 12.8 Å². The van der Waals surface area contributed by atoms with E-state index in [1.807, 2.05) is 20.8 Å². The van der Waals surface area contributed by atoms with Crippen LogP contribution in [0.25, 0.3) is 0 Å². The van der Waals surface area contributed by atoms with E-state index in [1.54, 1.807) is 6.08 Å². The lowest BCUT2D eigenvalue weighted by Crippen LogP contribution is -2.64. The summed E-state index contributed by atoms with van der Waals surface area (Å²) in [7, 11) is 1.36. The molecular formula is C26H38O7. The maximum atomic E-state index is 12.8. The lowest BCUT2D eigenvalue weighted by atomic mass is 9.41. The number of hydrogen-bond donors (Lipinski definition) is 3. The van der Waals surface area contributed by atoms with Crippen LogP contribution in [-0.2, 0) is 19.1 Å². The van der Waals surface area contributed by atoms with E-state index in [2.05, 4.69) is 6.92 Å². The number of ether oxygens (including phenoxy) is 1. The van der Waals surface area contributed by atoms with Crippen LogP contribution in [-0.4, -0.2) is 58.3 Å². The van der Waals surface area contributed by atoms with Gasteiger partial charge in [-0.15, -0.1) is 0 Å². The summed E-state index contributed by atoms with van der Waals surface area (Å²) in [4.78, 5) is 38.1. The Kier molecular flexibility index (Phi) is 5.74. The molecule has 0 saturated heterocycles. The summed E-state index contributed by atoms with van der Waals surface area (Å²) >= 11 is 0. The first-order valence-corrected chi connectivity index (χ1v) is 12.2. The zero-order valence-electron chi connectivity index (χ0n) is 20.4. The molecule has 0 aromatic heterocycles. The van der Waals surface area contributed by atoms with E-state index in [9.17, 15) is 29.7 Å². The Hall–Kier alpha value is -1.57. The predicted octanol–water partition coefficient (Wildman–Crippen LogP) is 2.21. The van der Waals surface area contributed by atoms with Crippen LogP contribution < -0.4 is 0 Å². The van der Waals surface area contributed by atoms with Crippen molar-refractivity contribution in [2.24, 2.45) is 39.9 Å². The van der Waals surface area contributed by atoms with Gasteiger partial charge in [-0.05, 0) is 81.1 Å². The van der Waals surface area contributed by atoms with Gasteiger partial charge in [0.05, 0.1) is 18.6 Å². The summed E-state index contributed by atoms with van der Waals surface area (Å²) in [5.41, 5.74) is -3.00. The lowest BCUT2D eigenvalue weighted by Gasteiger charge is -2.63. The third kappa shape index (κ3) is 3.08. The minimum absolute atomic E-state index is 0.00169. The van der Waals surface area contributed by atoms with Crippen LogP contribution in [0.3, 0.4) is 0 Å². The summed E-state index contributed by atoms with van der Waals surface area (Å²) in [6, 6.07) is 0. The van der Waals surface area contributed by atoms with E-state index in [-0.39, 0.29) is 54.7 Å². The van der Waals surface area contributed by atoms with Crippen molar-refractivity contribution < 1.29 is 34.4 Å². The Bertz CT molecular complexity index is 906. The van der Waals surface area contributed by atoms with Crippen molar-refractivity contribution in [1.82, 2.24) is 0 Å². The normalized spacial score (nSPS) is 44.9. The highest BCUT2D eigenvalue weighted by Crippen LogP contribution is 2.69. The summed E-state index contributed by atoms with van der Waals surface area (Å²) < 4.78 is 5.12. The SMILES string of the molecule is COC(=O)C(C)(C)C1CC(=O)C=C2CC[C@@H]3[C@H]([C@@H](O)C[C@@]4(C)[C@H]3CC[C@]4(O)C(=O)CO)[C@]21C. The Labute approximate surface area is 195 Å². The molecule has 0 aliphatic heterocycles. The average Bonchev–Trinajstić information content (AvgIpc) is 3.03. The molecule has 1 unspecified atom stereocenters. The van der Waals surface area contributed by atoms with Gasteiger partial charge in [0.1, 0.15) is 12.2 Å². The van der Waals surface area contributed by atoms with Gasteiger partial charge in [-0.2, -0.15) is 0 Å². The zero-order chi connectivity index (χ0) is 24.6. The molecule has 0 heterocycles. The first-order chi connectivity index (χ1) is 15.3. The van der Waals surface area contributed by atoms with E-state index in [0.717, 1.165) is 12.0 Å². The molecule has 184 valence electrons. The van der Waals surface area contributed by atoms with Crippen LogP contribution in [0.1, 0.15) is 66.2 Å². The van der Waals surface area contributed by atoms with Gasteiger partial charge in [0.25, 0.3) is 0 Å². The minimum Gasteiger partial charge on any atom is -0.469 e. The number of ketones is 2. The van der Waals surface area contributed by atoms with Crippen molar-refractivity contribution in [2.75, 3.05) is 13.7 Å². The fourth-order valence-corrected chi connectivity index (χ4v) is 8.76. The van der Waals surface area contributed by atoms with Gasteiger partial charge in [-0.3, -0.25) is 14.4 Å². The van der Waals surface area contributed by atoms with Gasteiger partial charge in [0.15, 0.2) is 11.6 Å². The minimum atomic E-state index is -1.65. The Morgan fingerprint density at radius 1 is 1.24 bits per heavy atom. The van der Waals surface area contributed by atoms with Gasteiger partial charge in [-0.25, -0.2) is 0 Å². The van der Waals surface area contributed by atoms with Crippen LogP contribution in [0.2, 0.25) is 0 Å². The number of rotatable bonds is 4. The molecule has 4 aliphatic carbocycles. The third-order valence-electron chi connectivity index (χ3n) is 10.4. The number of hydrogen-bond acceptors (Lipinski definition) is 7. The van der Waals surface area contributed by atoms with Gasteiger partial charge in [0, 0.05) is 11.8 Å². The molecular weight excluding hydrogens is 424 g/mol. The highest BCUT2D eigenvalue weighted by Gasteiger charge is 2.70. The predicted molar refractivity (Wildman–Crippen MR) is 120 cm³/mol. The summed E-state index contributed by atoms with van der Waals surface area (Å²) in [6.07, 6.45) is 3.72. The maximum absolute atomic E-state index is 12.8. The number of fused-ring (bicyclic) bond motifs is 5. The monoisotopic (exact) mass is 462 g/mol. The average molecular weight is 463 g/mol. The first kappa shape index (κ1) is 24.6. The molecule has 7 nitrogen and oxygen atoms in total. The number of aliphatic hydroxyl groups excluding tert-OH is 2. The van der Waals surface area contributed by atoms with Gasteiger partial charge in [0.2, 0.25) is 0 Å². The zero-order valence-corrected chi connectivity index (χ0v) is 20.4. The first-order valence-electron chi connectivity index (χ1n) is 12.2. The second kappa shape index (κ2) is 7.72. The quantitative estimate of drug-likeness (QED) is 0.548. The highest BCUT2D eigenvalue weighted by molar-refractivity contribution is 5.93. The molecule has 0 aromatic carbocycles.